The van der Waals surface area contributed by atoms with Gasteiger partial charge in [0.1, 0.15) is 30.0 Å². The number of anilines is 1. The zero-order chi connectivity index (χ0) is 28.6. The Labute approximate surface area is 227 Å². The number of benzene rings is 3. The van der Waals surface area contributed by atoms with Gasteiger partial charge in [0.15, 0.2) is 0 Å². The van der Waals surface area contributed by atoms with Crippen molar-refractivity contribution in [2.24, 2.45) is 0 Å². The van der Waals surface area contributed by atoms with Gasteiger partial charge in [-0.1, -0.05) is 12.1 Å². The first kappa shape index (κ1) is 29.6. The van der Waals surface area contributed by atoms with E-state index in [2.05, 4.69) is 5.32 Å². The number of carbonyl (C=O) groups is 2. The van der Waals surface area contributed by atoms with Crippen molar-refractivity contribution in [1.82, 2.24) is 10.2 Å². The van der Waals surface area contributed by atoms with Gasteiger partial charge in [0.05, 0.1) is 17.2 Å². The Morgan fingerprint density at radius 2 is 1.46 bits per heavy atom. The number of sulfonamides is 1. The molecule has 0 aliphatic heterocycles. The maximum absolute atomic E-state index is 13.7. The van der Waals surface area contributed by atoms with Crippen LogP contribution in [0.2, 0.25) is 0 Å². The lowest BCUT2D eigenvalue weighted by atomic mass is 10.1. The van der Waals surface area contributed by atoms with Crippen LogP contribution in [0.15, 0.2) is 77.7 Å². The Morgan fingerprint density at radius 1 is 0.897 bits per heavy atom. The van der Waals surface area contributed by atoms with Crippen molar-refractivity contribution in [3.8, 4) is 5.75 Å². The van der Waals surface area contributed by atoms with Crippen molar-refractivity contribution in [3.05, 3.63) is 90.0 Å². The lowest BCUT2D eigenvalue weighted by Crippen LogP contribution is -2.51. The summed E-state index contributed by atoms with van der Waals surface area (Å²) >= 11 is 0. The minimum atomic E-state index is -4.30. The van der Waals surface area contributed by atoms with Gasteiger partial charge in [0, 0.05) is 13.1 Å². The van der Waals surface area contributed by atoms with Crippen LogP contribution in [0.25, 0.3) is 0 Å². The summed E-state index contributed by atoms with van der Waals surface area (Å²) in [5.74, 6) is -1.68. The van der Waals surface area contributed by atoms with Crippen LogP contribution in [0.5, 0.6) is 5.75 Å². The lowest BCUT2D eigenvalue weighted by molar-refractivity contribution is -0.139. The molecule has 3 aromatic rings. The number of halogens is 2. The number of carbonyl (C=O) groups excluding carboxylic acids is 2. The van der Waals surface area contributed by atoms with Gasteiger partial charge >= 0.3 is 0 Å². The fraction of sp³-hybridized carbons (Fsp3) is 0.286. The Bertz CT molecular complexity index is 1370. The van der Waals surface area contributed by atoms with Crippen LogP contribution < -0.4 is 14.4 Å². The number of ether oxygens (including phenoxy) is 1. The molecule has 8 nitrogen and oxygen atoms in total. The largest absolute Gasteiger partial charge is 0.494 e. The Morgan fingerprint density at radius 3 is 2.00 bits per heavy atom. The molecule has 0 spiro atoms. The normalized spacial score (nSPS) is 11.9. The van der Waals surface area contributed by atoms with Crippen LogP contribution in [0, 0.1) is 11.6 Å². The molecule has 11 heteroatoms. The molecule has 2 amide bonds. The second kappa shape index (κ2) is 13.2. The SMILES string of the molecule is CCNC(=O)[C@H](C)N(Cc1ccc(F)cc1)C(=O)CN(c1ccc(F)cc1)S(=O)(=O)c1ccc(OCC)cc1. The van der Waals surface area contributed by atoms with Crippen molar-refractivity contribution >= 4 is 27.5 Å². The highest BCUT2D eigenvalue weighted by atomic mass is 32.2. The van der Waals surface area contributed by atoms with E-state index in [9.17, 15) is 26.8 Å². The van der Waals surface area contributed by atoms with Crippen LogP contribution in [0.3, 0.4) is 0 Å². The molecule has 3 aromatic carbocycles. The number of nitrogens with zero attached hydrogens (tertiary/aromatic N) is 2. The van der Waals surface area contributed by atoms with Crippen LogP contribution in [0.1, 0.15) is 26.3 Å². The monoisotopic (exact) mass is 559 g/mol. The Balaban J connectivity index is 2.00. The number of nitrogens with one attached hydrogen (secondary N) is 1. The average Bonchev–Trinajstić information content (AvgIpc) is 2.92. The van der Waals surface area contributed by atoms with Gasteiger partial charge in [0.2, 0.25) is 11.8 Å². The molecule has 1 atom stereocenters. The smallest absolute Gasteiger partial charge is 0.264 e. The summed E-state index contributed by atoms with van der Waals surface area (Å²) in [5.41, 5.74) is 0.606. The fourth-order valence-corrected chi connectivity index (χ4v) is 5.24. The molecule has 0 saturated carbocycles. The first-order valence-electron chi connectivity index (χ1n) is 12.4. The molecule has 3 rings (SSSR count). The molecule has 0 aliphatic carbocycles. The van der Waals surface area contributed by atoms with E-state index in [1.807, 2.05) is 0 Å². The number of likely N-dealkylation sites (N-methyl/N-ethyl adjacent to an activating group) is 1. The van der Waals surface area contributed by atoms with Crippen LogP contribution in [0.4, 0.5) is 14.5 Å². The first-order valence-corrected chi connectivity index (χ1v) is 13.8. The summed E-state index contributed by atoms with van der Waals surface area (Å²) in [4.78, 5) is 27.5. The minimum absolute atomic E-state index is 0.0611. The van der Waals surface area contributed by atoms with E-state index >= 15 is 0 Å². The zero-order valence-electron chi connectivity index (χ0n) is 21.9. The Kier molecular flexibility index (Phi) is 10.00. The molecule has 208 valence electrons. The zero-order valence-corrected chi connectivity index (χ0v) is 22.8. The van der Waals surface area contributed by atoms with Crippen LogP contribution in [-0.2, 0) is 26.2 Å². The third-order valence-corrected chi connectivity index (χ3v) is 7.69. The maximum Gasteiger partial charge on any atom is 0.264 e. The van der Waals surface area contributed by atoms with E-state index in [4.69, 9.17) is 4.74 Å². The molecule has 0 aliphatic rings. The topological polar surface area (TPSA) is 96.0 Å². The van der Waals surface area contributed by atoms with Gasteiger partial charge in [-0.25, -0.2) is 17.2 Å². The van der Waals surface area contributed by atoms with Crippen molar-refractivity contribution in [3.63, 3.8) is 0 Å². The average molecular weight is 560 g/mol. The van der Waals surface area contributed by atoms with Crippen molar-refractivity contribution in [1.29, 1.82) is 0 Å². The molecule has 39 heavy (non-hydrogen) atoms. The van der Waals surface area contributed by atoms with E-state index in [0.29, 0.717) is 24.5 Å². The van der Waals surface area contributed by atoms with Gasteiger partial charge in [-0.05, 0) is 87.0 Å². The predicted molar refractivity (Wildman–Crippen MR) is 144 cm³/mol. The van der Waals surface area contributed by atoms with Crippen LogP contribution in [-0.4, -0.2) is 50.9 Å². The predicted octanol–water partition coefficient (Wildman–Crippen LogP) is 4.11. The number of amides is 2. The van der Waals surface area contributed by atoms with E-state index in [1.165, 1.54) is 72.5 Å². The van der Waals surface area contributed by atoms with Gasteiger partial charge in [-0.3, -0.25) is 13.9 Å². The molecular formula is C28H31F2N3O5S. The highest BCUT2D eigenvalue weighted by molar-refractivity contribution is 7.92. The molecule has 0 saturated heterocycles. The van der Waals surface area contributed by atoms with Crippen LogP contribution >= 0.6 is 0 Å². The molecule has 0 radical (unpaired) electrons. The number of rotatable bonds is 12. The second-order valence-electron chi connectivity index (χ2n) is 8.61. The van der Waals surface area contributed by atoms with Gasteiger partial charge in [0.25, 0.3) is 10.0 Å². The van der Waals surface area contributed by atoms with Gasteiger partial charge < -0.3 is 15.0 Å². The lowest BCUT2D eigenvalue weighted by Gasteiger charge is -2.32. The molecule has 0 fully saturated rings. The third-order valence-electron chi connectivity index (χ3n) is 5.90. The van der Waals surface area contributed by atoms with Gasteiger partial charge in [-0.15, -0.1) is 0 Å². The second-order valence-corrected chi connectivity index (χ2v) is 10.5. The summed E-state index contributed by atoms with van der Waals surface area (Å²) in [6, 6.07) is 14.9. The van der Waals surface area contributed by atoms with Crippen molar-refractivity contribution in [2.75, 3.05) is 24.0 Å². The minimum Gasteiger partial charge on any atom is -0.494 e. The first-order chi connectivity index (χ1) is 18.6. The summed E-state index contributed by atoms with van der Waals surface area (Å²) in [6.07, 6.45) is 0. The summed E-state index contributed by atoms with van der Waals surface area (Å²) in [6.45, 7) is 5.04. The summed E-state index contributed by atoms with van der Waals surface area (Å²) in [5, 5.41) is 2.66. The van der Waals surface area contributed by atoms with Gasteiger partial charge in [-0.2, -0.15) is 0 Å². The van der Waals surface area contributed by atoms with Crippen molar-refractivity contribution < 1.29 is 31.5 Å². The number of hydrogen-bond acceptors (Lipinski definition) is 5. The van der Waals surface area contributed by atoms with E-state index < -0.39 is 46.1 Å². The summed E-state index contributed by atoms with van der Waals surface area (Å²) < 4.78 is 60.9. The molecule has 0 heterocycles. The Hall–Kier alpha value is -3.99. The fourth-order valence-electron chi connectivity index (χ4n) is 3.83. The van der Waals surface area contributed by atoms with E-state index in [1.54, 1.807) is 13.8 Å². The van der Waals surface area contributed by atoms with Crippen molar-refractivity contribution in [2.45, 2.75) is 38.3 Å². The third kappa shape index (κ3) is 7.53. The van der Waals surface area contributed by atoms with E-state index in [0.717, 1.165) is 16.4 Å². The quantitative estimate of drug-likeness (QED) is 0.360. The highest BCUT2D eigenvalue weighted by Crippen LogP contribution is 2.26. The number of hydrogen-bond donors (Lipinski definition) is 1. The maximum atomic E-state index is 13.7. The molecule has 0 unspecified atom stereocenters. The molecule has 0 bridgehead atoms. The molecule has 1 N–H and O–H groups in total. The van der Waals surface area contributed by atoms with E-state index in [-0.39, 0.29) is 17.1 Å². The highest BCUT2D eigenvalue weighted by Gasteiger charge is 2.32. The summed E-state index contributed by atoms with van der Waals surface area (Å²) in [7, 11) is -4.30. The molecule has 0 aromatic heterocycles. The standard InChI is InChI=1S/C28H31F2N3O5S/c1-4-31-28(35)20(3)32(18-21-6-8-22(29)9-7-21)27(34)19-33(24-12-10-23(30)11-13-24)39(36,37)26-16-14-25(15-17-26)38-5-2/h6-17,20H,4-5,18-19H2,1-3H3,(H,31,35)/t20-/m0/s1. The molecular weight excluding hydrogens is 528 g/mol.